The maximum absolute atomic E-state index is 11.7. The van der Waals surface area contributed by atoms with Gasteiger partial charge in [-0.05, 0) is 24.1 Å². The summed E-state index contributed by atoms with van der Waals surface area (Å²) in [4.78, 5) is 23.3. The Morgan fingerprint density at radius 2 is 1.60 bits per heavy atom. The molecule has 25 heavy (non-hydrogen) atoms. The van der Waals surface area contributed by atoms with E-state index in [-0.39, 0.29) is 25.4 Å². The topological polar surface area (TPSA) is 61.8 Å². The molecule has 0 aliphatic rings. The van der Waals surface area contributed by atoms with Crippen LogP contribution in [0.2, 0.25) is 0 Å². The molecule has 0 unspecified atom stereocenters. The standard InChI is InChI=1S/C20H30O5/c1-3-4-5-6-7-8-14-24-19(21)12-13-20(22)25-16-17-10-9-11-18(15-17)23-2/h9-11,15H,3-8,12-14,16H2,1-2H3. The van der Waals surface area contributed by atoms with E-state index in [4.69, 9.17) is 14.2 Å². The van der Waals surface area contributed by atoms with Crippen LogP contribution >= 0.6 is 0 Å². The fourth-order valence-electron chi connectivity index (χ4n) is 2.34. The van der Waals surface area contributed by atoms with E-state index in [1.54, 1.807) is 7.11 Å². The van der Waals surface area contributed by atoms with Crippen molar-refractivity contribution in [1.82, 2.24) is 0 Å². The molecule has 0 fully saturated rings. The lowest BCUT2D eigenvalue weighted by molar-refractivity contribution is -0.151. The molecule has 0 heterocycles. The molecule has 0 aliphatic carbocycles. The monoisotopic (exact) mass is 350 g/mol. The molecule has 0 spiro atoms. The number of carbonyl (C=O) groups excluding carboxylic acids is 2. The summed E-state index contributed by atoms with van der Waals surface area (Å²) >= 11 is 0. The Balaban J connectivity index is 2.07. The molecule has 140 valence electrons. The van der Waals surface area contributed by atoms with Crippen molar-refractivity contribution in [3.05, 3.63) is 29.8 Å². The highest BCUT2D eigenvalue weighted by molar-refractivity contribution is 5.77. The summed E-state index contributed by atoms with van der Waals surface area (Å²) < 4.78 is 15.4. The number of methoxy groups -OCH3 is 1. The van der Waals surface area contributed by atoms with Crippen LogP contribution in [0.3, 0.4) is 0 Å². The van der Waals surface area contributed by atoms with E-state index in [2.05, 4.69) is 6.92 Å². The van der Waals surface area contributed by atoms with Crippen LogP contribution in [0.1, 0.15) is 63.9 Å². The first kappa shape index (κ1) is 21.0. The number of hydrogen-bond donors (Lipinski definition) is 0. The molecule has 1 aromatic rings. The van der Waals surface area contributed by atoms with Gasteiger partial charge in [0.2, 0.25) is 0 Å². The third kappa shape index (κ3) is 10.4. The molecule has 5 heteroatoms. The maximum Gasteiger partial charge on any atom is 0.306 e. The number of hydrogen-bond acceptors (Lipinski definition) is 5. The summed E-state index contributed by atoms with van der Waals surface area (Å²) in [5.74, 6) is -0.0296. The van der Waals surface area contributed by atoms with Crippen LogP contribution in [0.15, 0.2) is 24.3 Å². The number of rotatable bonds is 13. The van der Waals surface area contributed by atoms with Crippen LogP contribution in [0.5, 0.6) is 5.75 Å². The number of ether oxygens (including phenoxy) is 3. The predicted octanol–water partition coefficient (Wildman–Crippen LogP) is 4.42. The SMILES string of the molecule is CCCCCCCCOC(=O)CCC(=O)OCc1cccc(OC)c1. The van der Waals surface area contributed by atoms with Crippen molar-refractivity contribution < 1.29 is 23.8 Å². The Morgan fingerprint density at radius 3 is 2.32 bits per heavy atom. The van der Waals surface area contributed by atoms with E-state index in [9.17, 15) is 9.59 Å². The van der Waals surface area contributed by atoms with Gasteiger partial charge in [-0.15, -0.1) is 0 Å². The van der Waals surface area contributed by atoms with Crippen LogP contribution in [0, 0.1) is 0 Å². The highest BCUT2D eigenvalue weighted by Gasteiger charge is 2.09. The fourth-order valence-corrected chi connectivity index (χ4v) is 2.34. The van der Waals surface area contributed by atoms with E-state index in [1.807, 2.05) is 24.3 Å². The Hall–Kier alpha value is -2.04. The third-order valence-corrected chi connectivity index (χ3v) is 3.83. The fraction of sp³-hybridized carbons (Fsp3) is 0.600. The first-order valence-corrected chi connectivity index (χ1v) is 9.10. The number of carbonyl (C=O) groups is 2. The number of benzene rings is 1. The molecular weight excluding hydrogens is 320 g/mol. The average Bonchev–Trinajstić information content (AvgIpc) is 2.64. The van der Waals surface area contributed by atoms with Gasteiger partial charge in [-0.25, -0.2) is 0 Å². The van der Waals surface area contributed by atoms with Crippen molar-refractivity contribution >= 4 is 11.9 Å². The van der Waals surface area contributed by atoms with Gasteiger partial charge in [-0.3, -0.25) is 9.59 Å². The smallest absolute Gasteiger partial charge is 0.306 e. The molecule has 0 saturated carbocycles. The molecule has 0 aromatic heterocycles. The van der Waals surface area contributed by atoms with E-state index in [1.165, 1.54) is 25.7 Å². The zero-order chi connectivity index (χ0) is 18.3. The lowest BCUT2D eigenvalue weighted by atomic mass is 10.1. The second kappa shape index (κ2) is 13.3. The molecule has 0 atom stereocenters. The zero-order valence-corrected chi connectivity index (χ0v) is 15.4. The van der Waals surface area contributed by atoms with Gasteiger partial charge in [0.05, 0.1) is 26.6 Å². The normalized spacial score (nSPS) is 10.3. The molecule has 0 aliphatic heterocycles. The maximum atomic E-state index is 11.7. The molecule has 0 N–H and O–H groups in total. The second-order valence-corrected chi connectivity index (χ2v) is 6.00. The molecule has 0 saturated heterocycles. The minimum absolute atomic E-state index is 0.0410. The Labute approximate surface area is 150 Å². The van der Waals surface area contributed by atoms with Gasteiger partial charge in [-0.2, -0.15) is 0 Å². The largest absolute Gasteiger partial charge is 0.497 e. The van der Waals surface area contributed by atoms with Crippen molar-refractivity contribution in [3.63, 3.8) is 0 Å². The second-order valence-electron chi connectivity index (χ2n) is 6.00. The van der Waals surface area contributed by atoms with Crippen molar-refractivity contribution in [2.75, 3.05) is 13.7 Å². The first-order chi connectivity index (χ1) is 12.2. The van der Waals surface area contributed by atoms with E-state index in [0.717, 1.165) is 18.4 Å². The summed E-state index contributed by atoms with van der Waals surface area (Å²) in [6, 6.07) is 7.32. The minimum atomic E-state index is -0.403. The van der Waals surface area contributed by atoms with Crippen LogP contribution in [0.25, 0.3) is 0 Å². The first-order valence-electron chi connectivity index (χ1n) is 9.10. The molecule has 0 radical (unpaired) electrons. The van der Waals surface area contributed by atoms with Crippen molar-refractivity contribution in [3.8, 4) is 5.75 Å². The van der Waals surface area contributed by atoms with Crippen LogP contribution in [-0.2, 0) is 25.7 Å². The highest BCUT2D eigenvalue weighted by atomic mass is 16.5. The molecule has 0 amide bonds. The summed E-state index contributed by atoms with van der Waals surface area (Å²) in [5, 5.41) is 0. The predicted molar refractivity (Wildman–Crippen MR) is 96.4 cm³/mol. The van der Waals surface area contributed by atoms with Crippen LogP contribution in [-0.4, -0.2) is 25.7 Å². The Bertz CT molecular complexity index is 513. The van der Waals surface area contributed by atoms with Gasteiger partial charge in [-0.1, -0.05) is 51.2 Å². The number of esters is 2. The van der Waals surface area contributed by atoms with Gasteiger partial charge < -0.3 is 14.2 Å². The summed E-state index contributed by atoms with van der Waals surface area (Å²) in [6.45, 7) is 2.79. The lowest BCUT2D eigenvalue weighted by Gasteiger charge is -2.07. The molecule has 5 nitrogen and oxygen atoms in total. The zero-order valence-electron chi connectivity index (χ0n) is 15.4. The Morgan fingerprint density at radius 1 is 0.920 bits per heavy atom. The van der Waals surface area contributed by atoms with Gasteiger partial charge in [0.15, 0.2) is 0 Å². The molecule has 0 bridgehead atoms. The van der Waals surface area contributed by atoms with Gasteiger partial charge >= 0.3 is 11.9 Å². The highest BCUT2D eigenvalue weighted by Crippen LogP contribution is 2.13. The molecule has 1 rings (SSSR count). The van der Waals surface area contributed by atoms with Gasteiger partial charge in [0, 0.05) is 0 Å². The average molecular weight is 350 g/mol. The third-order valence-electron chi connectivity index (χ3n) is 3.83. The van der Waals surface area contributed by atoms with E-state index < -0.39 is 5.97 Å². The summed E-state index contributed by atoms with van der Waals surface area (Å²) in [7, 11) is 1.59. The molecule has 1 aromatic carbocycles. The van der Waals surface area contributed by atoms with Crippen molar-refractivity contribution in [1.29, 1.82) is 0 Å². The van der Waals surface area contributed by atoms with E-state index >= 15 is 0 Å². The summed E-state index contributed by atoms with van der Waals surface area (Å²) in [6.07, 6.45) is 6.98. The quantitative estimate of drug-likeness (QED) is 0.389. The lowest BCUT2D eigenvalue weighted by Crippen LogP contribution is -2.11. The van der Waals surface area contributed by atoms with Crippen LogP contribution in [0.4, 0.5) is 0 Å². The Kier molecular flexibility index (Phi) is 11.2. The van der Waals surface area contributed by atoms with E-state index in [0.29, 0.717) is 12.4 Å². The molecular formula is C20H30O5. The number of unbranched alkanes of at least 4 members (excludes halogenated alkanes) is 5. The van der Waals surface area contributed by atoms with Gasteiger partial charge in [0.1, 0.15) is 12.4 Å². The van der Waals surface area contributed by atoms with Gasteiger partial charge in [0.25, 0.3) is 0 Å². The van der Waals surface area contributed by atoms with Crippen molar-refractivity contribution in [2.45, 2.75) is 64.9 Å². The minimum Gasteiger partial charge on any atom is -0.497 e. The van der Waals surface area contributed by atoms with Crippen LogP contribution < -0.4 is 4.74 Å². The summed E-state index contributed by atoms with van der Waals surface area (Å²) in [5.41, 5.74) is 0.846. The van der Waals surface area contributed by atoms with Crippen molar-refractivity contribution in [2.24, 2.45) is 0 Å².